The summed E-state index contributed by atoms with van der Waals surface area (Å²) in [5.74, 6) is -1.19. The Bertz CT molecular complexity index is 928. The Morgan fingerprint density at radius 2 is 1.81 bits per heavy atom. The molecule has 8 heteroatoms. The van der Waals surface area contributed by atoms with Gasteiger partial charge >= 0.3 is 0 Å². The lowest BCUT2D eigenvalue weighted by atomic mass is 10.2. The Kier molecular flexibility index (Phi) is 6.39. The zero-order chi connectivity index (χ0) is 19.5. The predicted molar refractivity (Wildman–Crippen MR) is 101 cm³/mol. The van der Waals surface area contributed by atoms with E-state index < -0.39 is 21.7 Å². The minimum Gasteiger partial charge on any atom is -0.319 e. The molecule has 0 aromatic heterocycles. The lowest BCUT2D eigenvalue weighted by molar-refractivity contribution is 0.102. The highest BCUT2D eigenvalue weighted by atomic mass is 35.5. The summed E-state index contributed by atoms with van der Waals surface area (Å²) in [5.41, 5.74) is 0.809. The van der Waals surface area contributed by atoms with Gasteiger partial charge in [0.05, 0.1) is 10.7 Å². The van der Waals surface area contributed by atoms with Crippen LogP contribution in [0.25, 0.3) is 0 Å². The minimum atomic E-state index is -3.83. The molecule has 140 valence electrons. The molecule has 0 spiro atoms. The molecule has 5 nitrogen and oxygen atoms in total. The molecule has 0 aliphatic heterocycles. The quantitative estimate of drug-likeness (QED) is 0.797. The number of carbonyl (C=O) groups is 1. The summed E-state index contributed by atoms with van der Waals surface area (Å²) in [4.78, 5) is 12.3. The molecule has 2 rings (SSSR count). The highest BCUT2D eigenvalue weighted by molar-refractivity contribution is 7.89. The van der Waals surface area contributed by atoms with Gasteiger partial charge in [0.25, 0.3) is 5.91 Å². The maximum atomic E-state index is 13.9. The number of benzene rings is 2. The van der Waals surface area contributed by atoms with Gasteiger partial charge in [0.2, 0.25) is 10.0 Å². The highest BCUT2D eigenvalue weighted by Crippen LogP contribution is 2.26. The van der Waals surface area contributed by atoms with Crippen LogP contribution in [0.4, 0.5) is 10.1 Å². The molecule has 0 atom stereocenters. The maximum absolute atomic E-state index is 13.9. The van der Waals surface area contributed by atoms with Crippen molar-refractivity contribution in [1.29, 1.82) is 0 Å². The lowest BCUT2D eigenvalue weighted by Crippen LogP contribution is -2.31. The molecule has 0 aliphatic rings. The summed E-state index contributed by atoms with van der Waals surface area (Å²) in [6.07, 6.45) is 0. The number of aryl methyl sites for hydroxylation is 1. The summed E-state index contributed by atoms with van der Waals surface area (Å²) in [5, 5.41) is 2.47. The first-order valence-corrected chi connectivity index (χ1v) is 9.89. The molecule has 0 saturated carbocycles. The maximum Gasteiger partial charge on any atom is 0.255 e. The van der Waals surface area contributed by atoms with Crippen LogP contribution in [-0.4, -0.2) is 31.7 Å². The Labute approximate surface area is 157 Å². The van der Waals surface area contributed by atoms with E-state index in [1.54, 1.807) is 26.8 Å². The third kappa shape index (κ3) is 4.23. The van der Waals surface area contributed by atoms with Crippen LogP contribution in [0.2, 0.25) is 5.02 Å². The molecule has 26 heavy (non-hydrogen) atoms. The molecular formula is C18H20ClFN2O3S. The van der Waals surface area contributed by atoms with E-state index in [0.29, 0.717) is 0 Å². The molecule has 0 aliphatic carbocycles. The van der Waals surface area contributed by atoms with Crippen molar-refractivity contribution in [2.75, 3.05) is 18.4 Å². The number of hydrogen-bond acceptors (Lipinski definition) is 3. The van der Waals surface area contributed by atoms with Crippen molar-refractivity contribution in [2.24, 2.45) is 0 Å². The molecule has 0 saturated heterocycles. The van der Waals surface area contributed by atoms with Gasteiger partial charge < -0.3 is 5.32 Å². The van der Waals surface area contributed by atoms with Crippen LogP contribution in [0.3, 0.4) is 0 Å². The average molecular weight is 399 g/mol. The second-order valence-electron chi connectivity index (χ2n) is 5.67. The Morgan fingerprint density at radius 1 is 1.15 bits per heavy atom. The van der Waals surface area contributed by atoms with Crippen LogP contribution in [0.1, 0.15) is 29.8 Å². The summed E-state index contributed by atoms with van der Waals surface area (Å²) < 4.78 is 40.5. The monoisotopic (exact) mass is 398 g/mol. The van der Waals surface area contributed by atoms with Crippen LogP contribution < -0.4 is 5.32 Å². The molecule has 0 fully saturated rings. The number of rotatable bonds is 6. The van der Waals surface area contributed by atoms with E-state index >= 15 is 0 Å². The number of nitrogens with one attached hydrogen (secondary N) is 1. The number of carbonyl (C=O) groups excluding carboxylic acids is 1. The second kappa shape index (κ2) is 8.16. The Balaban J connectivity index is 2.38. The van der Waals surface area contributed by atoms with Gasteiger partial charge in [0.15, 0.2) is 0 Å². The van der Waals surface area contributed by atoms with Crippen molar-refractivity contribution in [1.82, 2.24) is 4.31 Å². The fraction of sp³-hybridized carbons (Fsp3) is 0.278. The summed E-state index contributed by atoms with van der Waals surface area (Å²) in [6.45, 7) is 5.72. The van der Waals surface area contributed by atoms with E-state index in [2.05, 4.69) is 5.32 Å². The predicted octanol–water partition coefficient (Wildman–Crippen LogP) is 4.07. The summed E-state index contributed by atoms with van der Waals surface area (Å²) in [6, 6.07) is 8.36. The van der Waals surface area contributed by atoms with Gasteiger partial charge in [-0.05, 0) is 42.8 Å². The second-order valence-corrected chi connectivity index (χ2v) is 7.99. The summed E-state index contributed by atoms with van der Waals surface area (Å²) >= 11 is 6.05. The van der Waals surface area contributed by atoms with Crippen molar-refractivity contribution >= 4 is 33.2 Å². The minimum absolute atomic E-state index is 0.0173. The SMILES string of the molecule is CCN(CC)S(=O)(=O)c1cc(C(=O)Nc2ccc(C)cc2F)ccc1Cl. The zero-order valence-corrected chi connectivity index (χ0v) is 16.3. The largest absolute Gasteiger partial charge is 0.319 e. The fourth-order valence-electron chi connectivity index (χ4n) is 2.46. The van der Waals surface area contributed by atoms with Crippen LogP contribution in [0.15, 0.2) is 41.3 Å². The Morgan fingerprint density at radius 3 is 2.38 bits per heavy atom. The van der Waals surface area contributed by atoms with Crippen molar-refractivity contribution in [2.45, 2.75) is 25.7 Å². The van der Waals surface area contributed by atoms with Crippen molar-refractivity contribution in [3.8, 4) is 0 Å². The van der Waals surface area contributed by atoms with Crippen molar-refractivity contribution in [3.05, 3.63) is 58.4 Å². The fourth-order valence-corrected chi connectivity index (χ4v) is 4.42. The van der Waals surface area contributed by atoms with Gasteiger partial charge in [-0.15, -0.1) is 0 Å². The number of halogens is 2. The van der Waals surface area contributed by atoms with Crippen LogP contribution in [0, 0.1) is 12.7 Å². The first-order chi connectivity index (χ1) is 12.2. The topological polar surface area (TPSA) is 66.5 Å². The molecule has 2 aromatic rings. The number of hydrogen-bond donors (Lipinski definition) is 1. The third-order valence-electron chi connectivity index (χ3n) is 3.89. The van der Waals surface area contributed by atoms with Crippen molar-refractivity contribution in [3.63, 3.8) is 0 Å². The summed E-state index contributed by atoms with van der Waals surface area (Å²) in [7, 11) is -3.83. The molecular weight excluding hydrogens is 379 g/mol. The number of sulfonamides is 1. The van der Waals surface area contributed by atoms with Crippen LogP contribution >= 0.6 is 11.6 Å². The molecule has 1 amide bonds. The zero-order valence-electron chi connectivity index (χ0n) is 14.7. The van der Waals surface area contributed by atoms with Crippen LogP contribution in [-0.2, 0) is 10.0 Å². The highest BCUT2D eigenvalue weighted by Gasteiger charge is 2.25. The van der Waals surface area contributed by atoms with E-state index in [0.717, 1.165) is 5.56 Å². The molecule has 0 bridgehead atoms. The Hall–Kier alpha value is -1.96. The lowest BCUT2D eigenvalue weighted by Gasteiger charge is -2.19. The number of amides is 1. The van der Waals surface area contributed by atoms with Gasteiger partial charge in [0, 0.05) is 18.7 Å². The molecule has 0 heterocycles. The van der Waals surface area contributed by atoms with E-state index in [1.165, 1.54) is 34.6 Å². The molecule has 0 unspecified atom stereocenters. The average Bonchev–Trinajstić information content (AvgIpc) is 2.58. The van der Waals surface area contributed by atoms with E-state index in [-0.39, 0.29) is 34.3 Å². The van der Waals surface area contributed by atoms with Gasteiger partial charge in [-0.1, -0.05) is 31.5 Å². The third-order valence-corrected chi connectivity index (χ3v) is 6.42. The standard InChI is InChI=1S/C18H20ClFN2O3S/c1-4-22(5-2)26(24,25)17-11-13(7-8-14(17)19)18(23)21-16-9-6-12(3)10-15(16)20/h6-11H,4-5H2,1-3H3,(H,21,23). The molecule has 0 radical (unpaired) electrons. The van der Waals surface area contributed by atoms with Gasteiger partial charge in [0.1, 0.15) is 10.7 Å². The van der Waals surface area contributed by atoms with Gasteiger partial charge in [-0.2, -0.15) is 4.31 Å². The van der Waals surface area contributed by atoms with E-state index in [4.69, 9.17) is 11.6 Å². The van der Waals surface area contributed by atoms with E-state index in [1.807, 2.05) is 0 Å². The molecule has 1 N–H and O–H groups in total. The number of nitrogens with zero attached hydrogens (tertiary/aromatic N) is 1. The van der Waals surface area contributed by atoms with Gasteiger partial charge in [-0.3, -0.25) is 4.79 Å². The molecule has 2 aromatic carbocycles. The van der Waals surface area contributed by atoms with Crippen molar-refractivity contribution < 1.29 is 17.6 Å². The van der Waals surface area contributed by atoms with E-state index in [9.17, 15) is 17.6 Å². The first-order valence-electron chi connectivity index (χ1n) is 8.07. The van der Waals surface area contributed by atoms with Gasteiger partial charge in [-0.25, -0.2) is 12.8 Å². The first kappa shape index (κ1) is 20.4. The number of anilines is 1. The normalized spacial score (nSPS) is 11.6. The van der Waals surface area contributed by atoms with Crippen LogP contribution in [0.5, 0.6) is 0 Å². The smallest absolute Gasteiger partial charge is 0.255 e.